The Morgan fingerprint density at radius 3 is 2.71 bits per heavy atom. The van der Waals surface area contributed by atoms with E-state index in [9.17, 15) is 10.1 Å². The molecular formula is C24H26N2O5. The molecule has 162 valence electrons. The summed E-state index contributed by atoms with van der Waals surface area (Å²) in [6.07, 6.45) is 2.33. The van der Waals surface area contributed by atoms with Crippen molar-refractivity contribution in [1.29, 1.82) is 5.26 Å². The maximum atomic E-state index is 12.3. The van der Waals surface area contributed by atoms with Crippen LogP contribution in [0.15, 0.2) is 42.0 Å². The Balaban J connectivity index is 1.75. The van der Waals surface area contributed by atoms with Gasteiger partial charge in [0.15, 0.2) is 23.0 Å². The minimum absolute atomic E-state index is 0.00445. The van der Waals surface area contributed by atoms with Gasteiger partial charge in [-0.3, -0.25) is 4.79 Å². The van der Waals surface area contributed by atoms with E-state index in [1.54, 1.807) is 24.3 Å². The van der Waals surface area contributed by atoms with Crippen molar-refractivity contribution in [3.63, 3.8) is 0 Å². The van der Waals surface area contributed by atoms with Crippen molar-refractivity contribution in [2.45, 2.75) is 39.8 Å². The van der Waals surface area contributed by atoms with E-state index in [-0.39, 0.29) is 18.4 Å². The highest BCUT2D eigenvalue weighted by Crippen LogP contribution is 2.34. The number of nitriles is 1. The van der Waals surface area contributed by atoms with E-state index < -0.39 is 5.91 Å². The average Bonchev–Trinajstić information content (AvgIpc) is 3.24. The number of benzene rings is 2. The van der Waals surface area contributed by atoms with E-state index in [1.165, 1.54) is 0 Å². The Labute approximate surface area is 182 Å². The van der Waals surface area contributed by atoms with Crippen molar-refractivity contribution in [2.24, 2.45) is 0 Å². The summed E-state index contributed by atoms with van der Waals surface area (Å²) in [7, 11) is 0. The van der Waals surface area contributed by atoms with Gasteiger partial charge in [0.25, 0.3) is 5.91 Å². The molecule has 0 spiro atoms. The van der Waals surface area contributed by atoms with E-state index in [4.69, 9.17) is 18.9 Å². The third-order valence-electron chi connectivity index (χ3n) is 4.76. The van der Waals surface area contributed by atoms with Gasteiger partial charge < -0.3 is 24.3 Å². The number of rotatable bonds is 9. The van der Waals surface area contributed by atoms with Crippen LogP contribution in [0.1, 0.15) is 38.3 Å². The number of hydrogen-bond donors (Lipinski definition) is 1. The molecule has 3 rings (SSSR count). The lowest BCUT2D eigenvalue weighted by atomic mass is 10.1. The normalized spacial score (nSPS) is 13.3. The Morgan fingerprint density at radius 1 is 1.16 bits per heavy atom. The van der Waals surface area contributed by atoms with Crippen LogP contribution < -0.4 is 24.3 Å². The zero-order valence-electron chi connectivity index (χ0n) is 17.9. The molecule has 2 aromatic rings. The van der Waals surface area contributed by atoms with Crippen molar-refractivity contribution in [1.82, 2.24) is 5.32 Å². The predicted molar refractivity (Wildman–Crippen MR) is 116 cm³/mol. The average molecular weight is 422 g/mol. The van der Waals surface area contributed by atoms with E-state index in [0.29, 0.717) is 36.0 Å². The lowest BCUT2D eigenvalue weighted by Gasteiger charge is -2.13. The molecule has 0 unspecified atom stereocenters. The van der Waals surface area contributed by atoms with Gasteiger partial charge in [0.1, 0.15) is 18.2 Å². The highest BCUT2D eigenvalue weighted by molar-refractivity contribution is 6.01. The molecule has 0 aliphatic carbocycles. The molecule has 0 aromatic heterocycles. The second kappa shape index (κ2) is 10.4. The summed E-state index contributed by atoms with van der Waals surface area (Å²) >= 11 is 0. The molecule has 1 aliphatic rings. The van der Waals surface area contributed by atoms with Crippen molar-refractivity contribution in [3.8, 4) is 29.1 Å². The zero-order valence-corrected chi connectivity index (χ0v) is 17.9. The molecule has 1 N–H and O–H groups in total. The van der Waals surface area contributed by atoms with Gasteiger partial charge in [-0.1, -0.05) is 19.1 Å². The minimum atomic E-state index is -0.391. The fraction of sp³-hybridized carbons (Fsp3) is 0.333. The van der Waals surface area contributed by atoms with E-state index in [1.807, 2.05) is 45.0 Å². The number of hydrogen-bond acceptors (Lipinski definition) is 6. The van der Waals surface area contributed by atoms with Crippen LogP contribution >= 0.6 is 0 Å². The van der Waals surface area contributed by atoms with Gasteiger partial charge in [-0.25, -0.2) is 0 Å². The summed E-state index contributed by atoms with van der Waals surface area (Å²) < 4.78 is 22.4. The lowest BCUT2D eigenvalue weighted by Crippen LogP contribution is -2.32. The molecule has 1 heterocycles. The molecule has 0 fully saturated rings. The molecule has 7 heteroatoms. The molecule has 1 aliphatic heterocycles. The van der Waals surface area contributed by atoms with Crippen LogP contribution in [0.2, 0.25) is 0 Å². The third kappa shape index (κ3) is 5.70. The summed E-state index contributed by atoms with van der Waals surface area (Å²) in [5.74, 6) is 2.14. The lowest BCUT2D eigenvalue weighted by molar-refractivity contribution is -0.117. The number of ether oxygens (including phenoxy) is 4. The number of carbonyl (C=O) groups excluding carboxylic acids is 1. The van der Waals surface area contributed by atoms with Crippen molar-refractivity contribution >= 4 is 12.0 Å². The van der Waals surface area contributed by atoms with E-state index in [0.717, 1.165) is 17.7 Å². The number of nitrogens with one attached hydrogen (secondary N) is 1. The molecule has 0 saturated carbocycles. The molecule has 0 saturated heterocycles. The van der Waals surface area contributed by atoms with E-state index in [2.05, 4.69) is 5.32 Å². The van der Waals surface area contributed by atoms with Crippen LogP contribution in [0.5, 0.6) is 23.0 Å². The van der Waals surface area contributed by atoms with Crippen LogP contribution in [0.3, 0.4) is 0 Å². The maximum Gasteiger partial charge on any atom is 0.262 e. The van der Waals surface area contributed by atoms with Crippen LogP contribution in [-0.4, -0.2) is 25.3 Å². The Morgan fingerprint density at radius 2 is 1.97 bits per heavy atom. The Bertz CT molecular complexity index is 1010. The van der Waals surface area contributed by atoms with Crippen molar-refractivity contribution < 1.29 is 23.7 Å². The molecule has 2 aromatic carbocycles. The second-order valence-electron chi connectivity index (χ2n) is 7.07. The van der Waals surface area contributed by atoms with Crippen LogP contribution in [-0.2, 0) is 11.4 Å². The van der Waals surface area contributed by atoms with Gasteiger partial charge in [-0.2, -0.15) is 5.26 Å². The number of nitrogens with zero attached hydrogens (tertiary/aromatic N) is 1. The predicted octanol–water partition coefficient (Wildman–Crippen LogP) is 4.21. The van der Waals surface area contributed by atoms with E-state index >= 15 is 0 Å². The fourth-order valence-corrected chi connectivity index (χ4v) is 2.91. The van der Waals surface area contributed by atoms with Crippen molar-refractivity contribution in [3.05, 3.63) is 53.1 Å². The number of carbonyl (C=O) groups is 1. The monoisotopic (exact) mass is 422 g/mol. The van der Waals surface area contributed by atoms with Gasteiger partial charge in [-0.05, 0) is 61.7 Å². The molecule has 1 amide bonds. The highest BCUT2D eigenvalue weighted by Gasteiger charge is 2.15. The van der Waals surface area contributed by atoms with Gasteiger partial charge >= 0.3 is 0 Å². The van der Waals surface area contributed by atoms with Crippen LogP contribution in [0, 0.1) is 11.3 Å². The first kappa shape index (κ1) is 22.0. The third-order valence-corrected chi connectivity index (χ3v) is 4.76. The molecular weight excluding hydrogens is 396 g/mol. The smallest absolute Gasteiger partial charge is 0.262 e. The molecule has 7 nitrogen and oxygen atoms in total. The van der Waals surface area contributed by atoms with Crippen LogP contribution in [0.25, 0.3) is 6.08 Å². The summed E-state index contributed by atoms with van der Waals surface area (Å²) in [6.45, 7) is 6.75. The topological polar surface area (TPSA) is 89.8 Å². The maximum absolute atomic E-state index is 12.3. The van der Waals surface area contributed by atoms with Crippen LogP contribution in [0.4, 0.5) is 0 Å². The molecule has 0 radical (unpaired) electrons. The minimum Gasteiger partial charge on any atom is -0.490 e. The highest BCUT2D eigenvalue weighted by atomic mass is 16.7. The first-order valence-electron chi connectivity index (χ1n) is 10.2. The number of fused-ring (bicyclic) bond motifs is 1. The molecule has 0 bridgehead atoms. The summed E-state index contributed by atoms with van der Waals surface area (Å²) in [6, 6.07) is 12.9. The quantitative estimate of drug-likeness (QED) is 0.481. The molecule has 1 atom stereocenters. The Kier molecular flexibility index (Phi) is 7.39. The summed E-state index contributed by atoms with van der Waals surface area (Å²) in [4.78, 5) is 12.3. The first-order chi connectivity index (χ1) is 15.0. The Hall–Kier alpha value is -3.66. The van der Waals surface area contributed by atoms with Gasteiger partial charge in [0, 0.05) is 6.04 Å². The van der Waals surface area contributed by atoms with Gasteiger partial charge in [0.05, 0.1) is 6.61 Å². The molecule has 31 heavy (non-hydrogen) atoms. The first-order valence-corrected chi connectivity index (χ1v) is 10.2. The standard InChI is InChI=1S/C24H26N2O5/c1-4-16(3)26-24(27)19(13-25)10-17-6-8-20(22(11-17)28-5-2)29-14-18-7-9-21-23(12-18)31-15-30-21/h6-12,16H,4-5,14-15H2,1-3H3,(H,26,27)/b19-10+/t16-/m0/s1. The SMILES string of the molecule is CCOc1cc(/C=C(\C#N)C(=O)N[C@@H](C)CC)ccc1OCc1ccc2c(c1)OCO2. The largest absolute Gasteiger partial charge is 0.490 e. The fourth-order valence-electron chi connectivity index (χ4n) is 2.91. The van der Waals surface area contributed by atoms with Gasteiger partial charge in [0.2, 0.25) is 6.79 Å². The summed E-state index contributed by atoms with van der Waals surface area (Å²) in [5, 5.41) is 12.2. The van der Waals surface area contributed by atoms with Crippen molar-refractivity contribution in [2.75, 3.05) is 13.4 Å². The zero-order chi connectivity index (χ0) is 22.2. The number of amides is 1. The second-order valence-corrected chi connectivity index (χ2v) is 7.07. The summed E-state index contributed by atoms with van der Waals surface area (Å²) in [5.41, 5.74) is 1.65. The van der Waals surface area contributed by atoms with Gasteiger partial charge in [-0.15, -0.1) is 0 Å².